The SMILES string of the molecule is COc1ccccc1CC(=O)NNC(=O)c1cnccn1. The summed E-state index contributed by atoms with van der Waals surface area (Å²) < 4.78 is 5.16. The van der Waals surface area contributed by atoms with Crippen molar-refractivity contribution in [3.63, 3.8) is 0 Å². The number of hydrogen-bond acceptors (Lipinski definition) is 5. The molecule has 21 heavy (non-hydrogen) atoms. The molecule has 1 aromatic heterocycles. The molecule has 0 unspecified atom stereocenters. The number of carbonyl (C=O) groups is 2. The summed E-state index contributed by atoms with van der Waals surface area (Å²) in [6.07, 6.45) is 4.25. The van der Waals surface area contributed by atoms with E-state index in [-0.39, 0.29) is 18.0 Å². The lowest BCUT2D eigenvalue weighted by Gasteiger charge is -2.09. The summed E-state index contributed by atoms with van der Waals surface area (Å²) in [6, 6.07) is 7.17. The molecule has 1 heterocycles. The number of ether oxygens (including phenoxy) is 1. The number of carbonyl (C=O) groups excluding carboxylic acids is 2. The van der Waals surface area contributed by atoms with E-state index in [2.05, 4.69) is 20.8 Å². The van der Waals surface area contributed by atoms with E-state index in [1.54, 1.807) is 12.1 Å². The molecule has 1 aromatic carbocycles. The van der Waals surface area contributed by atoms with Crippen molar-refractivity contribution in [2.75, 3.05) is 7.11 Å². The van der Waals surface area contributed by atoms with E-state index in [1.165, 1.54) is 25.7 Å². The van der Waals surface area contributed by atoms with Gasteiger partial charge in [0.05, 0.1) is 19.7 Å². The maximum Gasteiger partial charge on any atom is 0.289 e. The third-order valence-electron chi connectivity index (χ3n) is 2.65. The van der Waals surface area contributed by atoms with Crippen molar-refractivity contribution in [2.45, 2.75) is 6.42 Å². The summed E-state index contributed by atoms with van der Waals surface area (Å²) >= 11 is 0. The highest BCUT2D eigenvalue weighted by Crippen LogP contribution is 2.17. The Morgan fingerprint density at radius 3 is 2.71 bits per heavy atom. The fraction of sp³-hybridized carbons (Fsp3) is 0.143. The fourth-order valence-electron chi connectivity index (χ4n) is 1.67. The smallest absolute Gasteiger partial charge is 0.289 e. The Hall–Kier alpha value is -2.96. The Morgan fingerprint density at radius 2 is 2.00 bits per heavy atom. The Morgan fingerprint density at radius 1 is 1.19 bits per heavy atom. The van der Waals surface area contributed by atoms with E-state index in [9.17, 15) is 9.59 Å². The topological polar surface area (TPSA) is 93.2 Å². The maximum atomic E-state index is 11.8. The van der Waals surface area contributed by atoms with E-state index < -0.39 is 5.91 Å². The van der Waals surface area contributed by atoms with Crippen molar-refractivity contribution in [3.8, 4) is 5.75 Å². The number of hydrogen-bond donors (Lipinski definition) is 2. The quantitative estimate of drug-likeness (QED) is 0.798. The molecule has 0 radical (unpaired) electrons. The second kappa shape index (κ2) is 6.99. The van der Waals surface area contributed by atoms with E-state index in [1.807, 2.05) is 12.1 Å². The van der Waals surface area contributed by atoms with Gasteiger partial charge < -0.3 is 4.74 Å². The number of nitrogens with zero attached hydrogens (tertiary/aromatic N) is 2. The third-order valence-corrected chi connectivity index (χ3v) is 2.65. The van der Waals surface area contributed by atoms with Crippen LogP contribution in [0.2, 0.25) is 0 Å². The number of aromatic nitrogens is 2. The zero-order valence-corrected chi connectivity index (χ0v) is 11.4. The Balaban J connectivity index is 1.89. The molecule has 2 rings (SSSR count). The number of para-hydroxylation sites is 1. The van der Waals surface area contributed by atoms with E-state index in [4.69, 9.17) is 4.74 Å². The molecular formula is C14H14N4O3. The van der Waals surface area contributed by atoms with Crippen LogP contribution < -0.4 is 15.6 Å². The van der Waals surface area contributed by atoms with Crippen molar-refractivity contribution in [3.05, 3.63) is 54.1 Å². The van der Waals surface area contributed by atoms with Crippen molar-refractivity contribution < 1.29 is 14.3 Å². The lowest BCUT2D eigenvalue weighted by Crippen LogP contribution is -2.42. The Bertz CT molecular complexity index is 631. The molecule has 2 amide bonds. The predicted molar refractivity (Wildman–Crippen MR) is 74.3 cm³/mol. The minimum Gasteiger partial charge on any atom is -0.496 e. The average molecular weight is 286 g/mol. The molecule has 0 saturated carbocycles. The zero-order chi connectivity index (χ0) is 15.1. The van der Waals surface area contributed by atoms with E-state index in [0.29, 0.717) is 5.75 Å². The number of amides is 2. The minimum absolute atomic E-state index is 0.0881. The van der Waals surface area contributed by atoms with E-state index >= 15 is 0 Å². The van der Waals surface area contributed by atoms with Crippen LogP contribution >= 0.6 is 0 Å². The van der Waals surface area contributed by atoms with Gasteiger partial charge in [-0.1, -0.05) is 18.2 Å². The van der Waals surface area contributed by atoms with Gasteiger partial charge >= 0.3 is 0 Å². The summed E-state index contributed by atoms with van der Waals surface area (Å²) in [6.45, 7) is 0. The lowest BCUT2D eigenvalue weighted by atomic mass is 10.1. The average Bonchev–Trinajstić information content (AvgIpc) is 2.54. The van der Waals surface area contributed by atoms with Gasteiger partial charge in [-0.25, -0.2) is 4.98 Å². The molecule has 0 saturated heterocycles. The number of benzene rings is 1. The number of hydrazine groups is 1. The van der Waals surface area contributed by atoms with Gasteiger partial charge in [-0.15, -0.1) is 0 Å². The Kier molecular flexibility index (Phi) is 4.81. The second-order valence-corrected chi connectivity index (χ2v) is 4.08. The highest BCUT2D eigenvalue weighted by atomic mass is 16.5. The van der Waals surface area contributed by atoms with Gasteiger partial charge in [0.15, 0.2) is 0 Å². The van der Waals surface area contributed by atoms with Gasteiger partial charge in [-0.3, -0.25) is 25.4 Å². The van der Waals surface area contributed by atoms with Crippen LogP contribution in [0.1, 0.15) is 16.1 Å². The van der Waals surface area contributed by atoms with Gasteiger partial charge in [-0.05, 0) is 6.07 Å². The van der Waals surface area contributed by atoms with Gasteiger partial charge in [0.1, 0.15) is 11.4 Å². The van der Waals surface area contributed by atoms with Crippen LogP contribution in [0.3, 0.4) is 0 Å². The molecule has 7 heteroatoms. The third kappa shape index (κ3) is 4.00. The Labute approximate surface area is 121 Å². The van der Waals surface area contributed by atoms with Crippen LogP contribution in [0.15, 0.2) is 42.9 Å². The normalized spacial score (nSPS) is 9.76. The first-order valence-electron chi connectivity index (χ1n) is 6.18. The molecule has 0 spiro atoms. The predicted octanol–water partition coefficient (Wildman–Crippen LogP) is 0.489. The van der Waals surface area contributed by atoms with Crippen molar-refractivity contribution in [2.24, 2.45) is 0 Å². The first-order chi connectivity index (χ1) is 10.2. The molecule has 0 aliphatic heterocycles. The van der Waals surface area contributed by atoms with Crippen LogP contribution in [0, 0.1) is 0 Å². The number of methoxy groups -OCH3 is 1. The maximum absolute atomic E-state index is 11.8. The number of rotatable bonds is 4. The molecule has 7 nitrogen and oxygen atoms in total. The largest absolute Gasteiger partial charge is 0.496 e. The first-order valence-corrected chi connectivity index (χ1v) is 6.18. The summed E-state index contributed by atoms with van der Waals surface area (Å²) in [5, 5.41) is 0. The van der Waals surface area contributed by atoms with E-state index in [0.717, 1.165) is 5.56 Å². The molecule has 0 aliphatic carbocycles. The van der Waals surface area contributed by atoms with Crippen LogP contribution in [0.5, 0.6) is 5.75 Å². The molecule has 0 aliphatic rings. The number of nitrogens with one attached hydrogen (secondary N) is 2. The minimum atomic E-state index is -0.531. The van der Waals surface area contributed by atoms with Crippen molar-refractivity contribution in [1.82, 2.24) is 20.8 Å². The van der Waals surface area contributed by atoms with Gasteiger partial charge in [-0.2, -0.15) is 0 Å². The summed E-state index contributed by atoms with van der Waals surface area (Å²) in [4.78, 5) is 31.1. The summed E-state index contributed by atoms with van der Waals surface area (Å²) in [5.41, 5.74) is 5.44. The second-order valence-electron chi connectivity index (χ2n) is 4.08. The molecule has 0 atom stereocenters. The molecule has 0 bridgehead atoms. The van der Waals surface area contributed by atoms with Crippen LogP contribution in [-0.4, -0.2) is 28.9 Å². The molecular weight excluding hydrogens is 272 g/mol. The van der Waals surface area contributed by atoms with Crippen molar-refractivity contribution >= 4 is 11.8 Å². The standard InChI is InChI=1S/C14H14N4O3/c1-21-12-5-3-2-4-10(12)8-13(19)17-18-14(20)11-9-15-6-7-16-11/h2-7,9H,8H2,1H3,(H,17,19)(H,18,20). The van der Waals surface area contributed by atoms with Crippen LogP contribution in [-0.2, 0) is 11.2 Å². The summed E-state index contributed by atoms with van der Waals surface area (Å²) in [7, 11) is 1.53. The lowest BCUT2D eigenvalue weighted by molar-refractivity contribution is -0.121. The molecule has 2 aromatic rings. The fourth-order valence-corrected chi connectivity index (χ4v) is 1.67. The summed E-state index contributed by atoms with van der Waals surface area (Å²) in [5.74, 6) is -0.277. The van der Waals surface area contributed by atoms with Gasteiger partial charge in [0.25, 0.3) is 5.91 Å². The van der Waals surface area contributed by atoms with Gasteiger partial charge in [0.2, 0.25) is 5.91 Å². The highest BCUT2D eigenvalue weighted by Gasteiger charge is 2.11. The van der Waals surface area contributed by atoms with Crippen molar-refractivity contribution in [1.29, 1.82) is 0 Å². The molecule has 2 N–H and O–H groups in total. The first kappa shape index (κ1) is 14.4. The van der Waals surface area contributed by atoms with Gasteiger partial charge in [0, 0.05) is 18.0 Å². The monoisotopic (exact) mass is 286 g/mol. The molecule has 0 fully saturated rings. The zero-order valence-electron chi connectivity index (χ0n) is 11.4. The highest BCUT2D eigenvalue weighted by molar-refractivity contribution is 5.93. The molecule has 108 valence electrons. The van der Waals surface area contributed by atoms with Crippen LogP contribution in [0.4, 0.5) is 0 Å². The van der Waals surface area contributed by atoms with Crippen LogP contribution in [0.25, 0.3) is 0 Å².